The van der Waals surface area contributed by atoms with Crippen LogP contribution in [-0.4, -0.2) is 135 Å². The van der Waals surface area contributed by atoms with Gasteiger partial charge in [-0.1, -0.05) is 34.1 Å². The number of fused-ring (bicyclic) bond motifs is 6. The number of ether oxygens (including phenoxy) is 2. The van der Waals surface area contributed by atoms with Gasteiger partial charge < -0.3 is 28.6 Å². The molecule has 2 unspecified atom stereocenters. The molecule has 10 aromatic rings. The van der Waals surface area contributed by atoms with Gasteiger partial charge in [0.2, 0.25) is 0 Å². The van der Waals surface area contributed by atoms with Gasteiger partial charge in [0.05, 0.1) is 92.6 Å². The number of pyridine rings is 4. The minimum Gasteiger partial charge on any atom is -0.444 e. The van der Waals surface area contributed by atoms with E-state index in [9.17, 15) is 19.2 Å². The summed E-state index contributed by atoms with van der Waals surface area (Å²) in [4.78, 5) is 73.4. The molecule has 13 rings (SSSR count). The summed E-state index contributed by atoms with van der Waals surface area (Å²) in [5, 5.41) is 10.2. The maximum absolute atomic E-state index is 13.5. The molecule has 0 aliphatic carbocycles. The summed E-state index contributed by atoms with van der Waals surface area (Å²) in [5.41, 5.74) is 9.42. The Labute approximate surface area is 518 Å². The lowest BCUT2D eigenvalue weighted by molar-refractivity contribution is 0.00578. The zero-order chi connectivity index (χ0) is 62.9. The molecule has 0 radical (unpaired) electrons. The number of benzene rings is 2. The Morgan fingerprint density at radius 2 is 1.02 bits per heavy atom. The second kappa shape index (κ2) is 23.2. The highest BCUT2D eigenvalue weighted by Gasteiger charge is 2.52. The third-order valence-electron chi connectivity index (χ3n) is 16.6. The Morgan fingerprint density at radius 3 is 1.45 bits per heavy atom. The van der Waals surface area contributed by atoms with E-state index >= 15 is 0 Å². The number of aryl methyl sites for hydroxylation is 4. The smallest absolute Gasteiger partial charge is 0.444 e. The molecule has 2 atom stereocenters. The van der Waals surface area contributed by atoms with Crippen molar-refractivity contribution in [1.82, 2.24) is 67.6 Å². The lowest BCUT2D eigenvalue weighted by atomic mass is 9.80. The maximum Gasteiger partial charge on any atom is 0.496 e. The van der Waals surface area contributed by atoms with E-state index < -0.39 is 11.2 Å². The number of likely N-dealkylation sites (tertiary alicyclic amines) is 2. The Balaban J connectivity index is 0.000000144. The van der Waals surface area contributed by atoms with Crippen molar-refractivity contribution < 1.29 is 28.4 Å². The Hall–Kier alpha value is -8.48. The first kappa shape index (κ1) is 61.2. The number of hydrogen-bond donors (Lipinski definition) is 0. The molecule has 22 nitrogen and oxygen atoms in total. The van der Waals surface area contributed by atoms with Gasteiger partial charge in [-0.25, -0.2) is 19.2 Å². The van der Waals surface area contributed by atoms with Gasteiger partial charge in [-0.15, -0.1) is 0 Å². The molecule has 458 valence electrons. The molecule has 88 heavy (non-hydrogen) atoms. The molecule has 2 aromatic carbocycles. The van der Waals surface area contributed by atoms with E-state index in [1.54, 1.807) is 67.2 Å². The number of amides is 2. The number of nitrogens with zero attached hydrogens (tertiary/aromatic N) is 14. The molecule has 11 heterocycles. The summed E-state index contributed by atoms with van der Waals surface area (Å²) in [6.45, 7) is 21.3. The average Bonchev–Trinajstić information content (AvgIpc) is 1.68. The highest BCUT2D eigenvalue weighted by atomic mass is 79.9. The molecule has 2 amide bonds. The van der Waals surface area contributed by atoms with Crippen molar-refractivity contribution in [2.24, 2.45) is 28.2 Å². The lowest BCUT2D eigenvalue weighted by Crippen LogP contribution is -2.41. The van der Waals surface area contributed by atoms with E-state index in [-0.39, 0.29) is 54.0 Å². The van der Waals surface area contributed by atoms with Gasteiger partial charge in [0.25, 0.3) is 0 Å². The predicted octanol–water partition coefficient (Wildman–Crippen LogP) is 10.1. The quantitative estimate of drug-likeness (QED) is 0.142. The molecular formula is C64H74BBrN14O8. The highest BCUT2D eigenvalue weighted by molar-refractivity contribution is 9.10. The van der Waals surface area contributed by atoms with Crippen LogP contribution in [0.3, 0.4) is 0 Å². The van der Waals surface area contributed by atoms with Crippen LogP contribution in [0.2, 0.25) is 0 Å². The molecule has 0 saturated carbocycles. The van der Waals surface area contributed by atoms with E-state index in [1.165, 1.54) is 0 Å². The molecule has 3 aliphatic rings. The zero-order valence-corrected chi connectivity index (χ0v) is 53.9. The SMILES string of the molecule is Cn1c(=O)n(C2CCN(C(=O)OC(C)(C)C)C2)c2c3cc(Br)ccc3ncc21.Cn1cc(-c2ccc(-c3ccc4ncc5c(c4c3)n(C3CCN(C(=O)OC(C)(C)C)C3)c(=O)n5C)cn2)cn1.Cn1cc(-c2ccc(B3OC(C)(C)C(C)(C)O3)cn2)cn1. The largest absolute Gasteiger partial charge is 0.496 e. The summed E-state index contributed by atoms with van der Waals surface area (Å²) < 4.78 is 34.5. The van der Waals surface area contributed by atoms with Crippen LogP contribution >= 0.6 is 15.9 Å². The van der Waals surface area contributed by atoms with Crippen LogP contribution < -0.4 is 16.8 Å². The number of imidazole rings is 2. The number of aromatic nitrogens is 12. The first-order valence-electron chi connectivity index (χ1n) is 29.4. The molecule has 0 spiro atoms. The van der Waals surface area contributed by atoms with Gasteiger partial charge >= 0.3 is 30.7 Å². The Bertz CT molecular complexity index is 4400. The highest BCUT2D eigenvalue weighted by Crippen LogP contribution is 2.38. The normalized spacial score (nSPS) is 17.4. The Morgan fingerprint density at radius 1 is 0.568 bits per heavy atom. The second-order valence-electron chi connectivity index (χ2n) is 25.8. The summed E-state index contributed by atoms with van der Waals surface area (Å²) in [6.07, 6.45) is 15.3. The van der Waals surface area contributed by atoms with Gasteiger partial charge in [-0.2, -0.15) is 10.2 Å². The number of hydrogen-bond acceptors (Lipinski definition) is 14. The molecule has 0 bridgehead atoms. The third-order valence-corrected chi connectivity index (χ3v) is 17.1. The van der Waals surface area contributed by atoms with Crippen LogP contribution in [0.25, 0.3) is 77.5 Å². The number of halogens is 1. The first-order valence-corrected chi connectivity index (χ1v) is 30.2. The van der Waals surface area contributed by atoms with E-state index in [2.05, 4.69) is 52.1 Å². The van der Waals surface area contributed by atoms with Crippen molar-refractivity contribution in [2.45, 2.75) is 117 Å². The van der Waals surface area contributed by atoms with Crippen molar-refractivity contribution >= 4 is 84.6 Å². The third kappa shape index (κ3) is 12.2. The fraction of sp³-hybridized carbons (Fsp3) is 0.406. The van der Waals surface area contributed by atoms with E-state index in [1.807, 2.05) is 172 Å². The van der Waals surface area contributed by atoms with Crippen molar-refractivity contribution in [3.05, 3.63) is 136 Å². The van der Waals surface area contributed by atoms with Crippen LogP contribution in [0.1, 0.15) is 94.2 Å². The molecule has 3 saturated heterocycles. The molecular weight excluding hydrogens is 1180 g/mol. The van der Waals surface area contributed by atoms with Crippen LogP contribution in [-0.2, 0) is 47.0 Å². The van der Waals surface area contributed by atoms with Gasteiger partial charge in [0.1, 0.15) is 11.2 Å². The summed E-state index contributed by atoms with van der Waals surface area (Å²) >= 11 is 3.52. The topological polar surface area (TPSA) is 219 Å². The van der Waals surface area contributed by atoms with Gasteiger partial charge in [-0.05, 0) is 130 Å². The minimum atomic E-state index is -0.575. The maximum atomic E-state index is 13.5. The zero-order valence-electron chi connectivity index (χ0n) is 52.3. The van der Waals surface area contributed by atoms with Gasteiger partial charge in [-0.3, -0.25) is 47.6 Å². The Kier molecular flexibility index (Phi) is 16.2. The fourth-order valence-electron chi connectivity index (χ4n) is 11.3. The van der Waals surface area contributed by atoms with Crippen molar-refractivity contribution in [3.63, 3.8) is 0 Å². The van der Waals surface area contributed by atoms with Crippen molar-refractivity contribution in [2.75, 3.05) is 26.2 Å². The predicted molar refractivity (Wildman–Crippen MR) is 343 cm³/mol. The van der Waals surface area contributed by atoms with Crippen LogP contribution in [0.5, 0.6) is 0 Å². The van der Waals surface area contributed by atoms with Crippen LogP contribution in [0.15, 0.2) is 124 Å². The average molecular weight is 1260 g/mol. The summed E-state index contributed by atoms with van der Waals surface area (Å²) in [7, 11) is 6.92. The van der Waals surface area contributed by atoms with Crippen molar-refractivity contribution in [1.29, 1.82) is 0 Å². The van der Waals surface area contributed by atoms with Crippen LogP contribution in [0, 0.1) is 0 Å². The van der Waals surface area contributed by atoms with Crippen LogP contribution in [0.4, 0.5) is 9.59 Å². The van der Waals surface area contributed by atoms with Gasteiger partial charge in [0.15, 0.2) is 0 Å². The molecule has 8 aromatic heterocycles. The fourth-order valence-corrected chi connectivity index (χ4v) is 11.7. The lowest BCUT2D eigenvalue weighted by Gasteiger charge is -2.32. The number of carbonyl (C=O) groups is 2. The molecule has 3 aliphatic heterocycles. The molecule has 0 N–H and O–H groups in total. The molecule has 3 fully saturated rings. The number of carbonyl (C=O) groups excluding carboxylic acids is 2. The number of rotatable bonds is 6. The monoisotopic (exact) mass is 1260 g/mol. The van der Waals surface area contributed by atoms with Crippen molar-refractivity contribution in [3.8, 4) is 33.6 Å². The standard InChI is InChI=1S/C29H31N7O3.C20H23BrN4O3.C15H20BN3O2/c1-29(2,3)39-28(38)35-11-10-21(17-35)36-26-22-12-18(6-9-24(22)31-15-25(26)34(5)27(36)37)19-7-8-23(30-13-19)20-14-32-33(4)16-20;1-20(2,3)28-19(27)24-8-7-13(11-24)25-17-14-9-12(21)5-6-15(14)22-10-16(17)23(4)18(25)26;1-14(2)15(3,4)21-16(20-14)12-6-7-13(17-9-12)11-8-18-19(5)10-11/h6-9,12-16,21H,10-11,17H2,1-5H3;5-6,9-10,13H,7-8,11H2,1-4H3;6-10H,1-5H3. The summed E-state index contributed by atoms with van der Waals surface area (Å²) in [5.74, 6) is 0. The summed E-state index contributed by atoms with van der Waals surface area (Å²) in [6, 6.07) is 19.6. The van der Waals surface area contributed by atoms with E-state index in [4.69, 9.17) is 18.8 Å². The van der Waals surface area contributed by atoms with E-state index in [0.717, 1.165) is 87.4 Å². The first-order chi connectivity index (χ1) is 41.5. The van der Waals surface area contributed by atoms with Gasteiger partial charge in [0, 0.05) is 117 Å². The van der Waals surface area contributed by atoms with E-state index in [0.29, 0.717) is 39.0 Å². The molecule has 24 heteroatoms. The second-order valence-corrected chi connectivity index (χ2v) is 26.8. The minimum absolute atomic E-state index is 0.0969.